The molecule has 1 aromatic carbocycles. The van der Waals surface area contributed by atoms with E-state index in [9.17, 15) is 4.39 Å². The zero-order valence-electron chi connectivity index (χ0n) is 18.2. The lowest BCUT2D eigenvalue weighted by Crippen LogP contribution is -2.46. The molecule has 1 aromatic heterocycles. The molecule has 2 heterocycles. The van der Waals surface area contributed by atoms with Gasteiger partial charge in [-0.2, -0.15) is 0 Å². The fourth-order valence-electron chi connectivity index (χ4n) is 3.47. The first-order chi connectivity index (χ1) is 14.5. The first kappa shape index (κ1) is 21.9. The topological polar surface area (TPSA) is 55.8 Å². The summed E-state index contributed by atoms with van der Waals surface area (Å²) in [4.78, 5) is 13.5. The van der Waals surface area contributed by atoms with Crippen LogP contribution >= 0.6 is 0 Å². The largest absolute Gasteiger partial charge is 0.368 e. The molecule has 1 saturated heterocycles. The number of hydrogen-bond acceptors (Lipinski definition) is 4. The molecular formula is C23H33FN6. The van der Waals surface area contributed by atoms with E-state index in [0.717, 1.165) is 56.6 Å². The first-order valence-corrected chi connectivity index (χ1v) is 10.7. The number of halogens is 1. The van der Waals surface area contributed by atoms with E-state index >= 15 is 0 Å². The van der Waals surface area contributed by atoms with E-state index in [4.69, 9.17) is 0 Å². The monoisotopic (exact) mass is 412 g/mol. The highest BCUT2D eigenvalue weighted by atomic mass is 19.1. The van der Waals surface area contributed by atoms with E-state index < -0.39 is 0 Å². The van der Waals surface area contributed by atoms with Crippen molar-refractivity contribution in [3.05, 3.63) is 54.0 Å². The van der Waals surface area contributed by atoms with Crippen molar-refractivity contribution >= 4 is 17.5 Å². The van der Waals surface area contributed by atoms with Crippen molar-refractivity contribution in [2.45, 2.75) is 26.8 Å². The van der Waals surface area contributed by atoms with E-state index in [1.807, 2.05) is 24.4 Å². The maximum Gasteiger partial charge on any atom is 0.191 e. The predicted octanol–water partition coefficient (Wildman–Crippen LogP) is 3.26. The van der Waals surface area contributed by atoms with Gasteiger partial charge < -0.3 is 20.4 Å². The van der Waals surface area contributed by atoms with Crippen LogP contribution < -0.4 is 20.4 Å². The summed E-state index contributed by atoms with van der Waals surface area (Å²) in [5.74, 6) is 2.29. The van der Waals surface area contributed by atoms with Crippen LogP contribution in [0.15, 0.2) is 47.6 Å². The van der Waals surface area contributed by atoms with Crippen LogP contribution in [-0.2, 0) is 6.54 Å². The summed E-state index contributed by atoms with van der Waals surface area (Å²) in [7, 11) is 1.79. The Balaban J connectivity index is 1.51. The third kappa shape index (κ3) is 6.34. The molecule has 2 aromatic rings. The summed E-state index contributed by atoms with van der Waals surface area (Å²) in [5, 5.41) is 6.73. The summed E-state index contributed by atoms with van der Waals surface area (Å²) < 4.78 is 13.2. The summed E-state index contributed by atoms with van der Waals surface area (Å²) in [5.41, 5.74) is 2.24. The molecule has 1 aliphatic heterocycles. The van der Waals surface area contributed by atoms with Gasteiger partial charge in [0.25, 0.3) is 0 Å². The number of nitrogens with zero attached hydrogens (tertiary/aromatic N) is 4. The molecule has 0 bridgehead atoms. The van der Waals surface area contributed by atoms with Crippen molar-refractivity contribution in [1.82, 2.24) is 15.6 Å². The fraction of sp³-hybridized carbons (Fsp3) is 0.478. The number of anilines is 2. The van der Waals surface area contributed by atoms with Gasteiger partial charge in [-0.1, -0.05) is 13.8 Å². The maximum absolute atomic E-state index is 13.2. The molecule has 0 atom stereocenters. The molecule has 0 aliphatic carbocycles. The molecule has 0 spiro atoms. The van der Waals surface area contributed by atoms with Gasteiger partial charge in [-0.15, -0.1) is 0 Å². The fourth-order valence-corrected chi connectivity index (χ4v) is 3.47. The van der Waals surface area contributed by atoms with Gasteiger partial charge in [0.15, 0.2) is 5.96 Å². The molecule has 7 heteroatoms. The van der Waals surface area contributed by atoms with Gasteiger partial charge in [-0.05, 0) is 54.3 Å². The zero-order valence-corrected chi connectivity index (χ0v) is 18.2. The van der Waals surface area contributed by atoms with E-state index in [1.165, 1.54) is 17.7 Å². The number of piperazine rings is 1. The molecule has 30 heavy (non-hydrogen) atoms. The molecule has 6 nitrogen and oxygen atoms in total. The molecule has 3 rings (SSSR count). The molecule has 0 saturated carbocycles. The Morgan fingerprint density at radius 1 is 1.07 bits per heavy atom. The number of benzene rings is 1. The number of rotatable bonds is 7. The number of hydrogen-bond donors (Lipinski definition) is 2. The minimum Gasteiger partial charge on any atom is -0.368 e. The Labute approximate surface area is 179 Å². The van der Waals surface area contributed by atoms with E-state index in [1.54, 1.807) is 7.05 Å². The standard InChI is InChI=1S/C23H33FN6/c1-18(2)8-10-27-23(25-3)28-17-19-9-11-26-22(16-19)30-14-12-29(13-15-30)21-6-4-20(24)5-7-21/h4-7,9,11,16,18H,8,10,12-15,17H2,1-3H3,(H2,25,27,28). The summed E-state index contributed by atoms with van der Waals surface area (Å²) in [6.07, 6.45) is 2.98. The van der Waals surface area contributed by atoms with Gasteiger partial charge in [0.1, 0.15) is 11.6 Å². The minimum atomic E-state index is -0.196. The highest BCUT2D eigenvalue weighted by Crippen LogP contribution is 2.20. The quantitative estimate of drug-likeness (QED) is 0.540. The van der Waals surface area contributed by atoms with Crippen LogP contribution in [0, 0.1) is 11.7 Å². The van der Waals surface area contributed by atoms with Crippen molar-refractivity contribution in [2.24, 2.45) is 10.9 Å². The Kier molecular flexibility index (Phi) is 7.88. The Bertz CT molecular complexity index is 813. The highest BCUT2D eigenvalue weighted by Gasteiger charge is 2.18. The lowest BCUT2D eigenvalue weighted by molar-refractivity contribution is 0.573. The van der Waals surface area contributed by atoms with Crippen molar-refractivity contribution in [3.8, 4) is 0 Å². The third-order valence-electron chi connectivity index (χ3n) is 5.30. The summed E-state index contributed by atoms with van der Waals surface area (Å²) >= 11 is 0. The van der Waals surface area contributed by atoms with Gasteiger partial charge in [0.05, 0.1) is 0 Å². The lowest BCUT2D eigenvalue weighted by atomic mass is 10.1. The molecule has 0 radical (unpaired) electrons. The van der Waals surface area contributed by atoms with Crippen molar-refractivity contribution < 1.29 is 4.39 Å². The molecule has 162 valence electrons. The Morgan fingerprint density at radius 2 is 1.77 bits per heavy atom. The SMILES string of the molecule is CN=C(NCCC(C)C)NCc1ccnc(N2CCN(c3ccc(F)cc3)CC2)c1. The number of guanidine groups is 1. The number of pyridine rings is 1. The average molecular weight is 413 g/mol. The summed E-state index contributed by atoms with van der Waals surface area (Å²) in [6, 6.07) is 10.9. The highest BCUT2D eigenvalue weighted by molar-refractivity contribution is 5.79. The van der Waals surface area contributed by atoms with Gasteiger partial charge >= 0.3 is 0 Å². The van der Waals surface area contributed by atoms with Crippen molar-refractivity contribution in [2.75, 3.05) is 49.6 Å². The lowest BCUT2D eigenvalue weighted by Gasteiger charge is -2.36. The van der Waals surface area contributed by atoms with Crippen LogP contribution in [0.2, 0.25) is 0 Å². The number of aliphatic imine (C=N–C) groups is 1. The predicted molar refractivity (Wildman–Crippen MR) is 123 cm³/mol. The molecule has 1 aliphatic rings. The molecule has 1 fully saturated rings. The Hall–Kier alpha value is -2.83. The second-order valence-electron chi connectivity index (χ2n) is 8.01. The summed E-state index contributed by atoms with van der Waals surface area (Å²) in [6.45, 7) is 9.61. The van der Waals surface area contributed by atoms with Gasteiger partial charge in [-0.25, -0.2) is 9.37 Å². The number of aromatic nitrogens is 1. The van der Waals surface area contributed by atoms with Crippen LogP contribution in [-0.4, -0.2) is 50.7 Å². The number of nitrogens with one attached hydrogen (secondary N) is 2. The maximum atomic E-state index is 13.2. The van der Waals surface area contributed by atoms with Crippen LogP contribution in [0.1, 0.15) is 25.8 Å². The molecular weight excluding hydrogens is 379 g/mol. The van der Waals surface area contributed by atoms with Gasteiger partial charge in [-0.3, -0.25) is 4.99 Å². The first-order valence-electron chi connectivity index (χ1n) is 10.7. The smallest absolute Gasteiger partial charge is 0.191 e. The zero-order chi connectivity index (χ0) is 21.3. The van der Waals surface area contributed by atoms with Crippen LogP contribution in [0.25, 0.3) is 0 Å². The average Bonchev–Trinajstić information content (AvgIpc) is 2.77. The van der Waals surface area contributed by atoms with E-state index in [0.29, 0.717) is 12.5 Å². The second-order valence-corrected chi connectivity index (χ2v) is 8.01. The third-order valence-corrected chi connectivity index (χ3v) is 5.30. The molecule has 2 N–H and O–H groups in total. The molecule has 0 amide bonds. The van der Waals surface area contributed by atoms with Crippen molar-refractivity contribution in [1.29, 1.82) is 0 Å². The van der Waals surface area contributed by atoms with Gasteiger partial charge in [0.2, 0.25) is 0 Å². The minimum absolute atomic E-state index is 0.196. The second kappa shape index (κ2) is 10.8. The van der Waals surface area contributed by atoms with Crippen LogP contribution in [0.4, 0.5) is 15.9 Å². The van der Waals surface area contributed by atoms with Crippen LogP contribution in [0.5, 0.6) is 0 Å². The molecule has 0 unspecified atom stereocenters. The normalized spacial score (nSPS) is 14.9. The van der Waals surface area contributed by atoms with E-state index in [2.05, 4.69) is 50.3 Å². The van der Waals surface area contributed by atoms with Gasteiger partial charge in [0, 0.05) is 58.2 Å². The van der Waals surface area contributed by atoms with Crippen molar-refractivity contribution in [3.63, 3.8) is 0 Å². The Morgan fingerprint density at radius 3 is 2.43 bits per heavy atom. The van der Waals surface area contributed by atoms with Crippen LogP contribution in [0.3, 0.4) is 0 Å². The van der Waals surface area contributed by atoms with E-state index in [-0.39, 0.29) is 5.82 Å².